The molecule has 0 fully saturated rings. The summed E-state index contributed by atoms with van der Waals surface area (Å²) in [5.74, 6) is 1.18. The van der Waals surface area contributed by atoms with Crippen LogP contribution in [0.4, 0.5) is 0 Å². The van der Waals surface area contributed by atoms with Gasteiger partial charge in [-0.2, -0.15) is 0 Å². The van der Waals surface area contributed by atoms with Gasteiger partial charge in [-0.15, -0.1) is 0 Å². The third-order valence-electron chi connectivity index (χ3n) is 3.49. The second-order valence-electron chi connectivity index (χ2n) is 9.17. The highest BCUT2D eigenvalue weighted by molar-refractivity contribution is 4.51. The van der Waals surface area contributed by atoms with Crippen LogP contribution in [0.2, 0.25) is 0 Å². The molecule has 0 bridgehead atoms. The second-order valence-corrected chi connectivity index (χ2v) is 9.17. The van der Waals surface area contributed by atoms with E-state index in [-0.39, 0.29) is 25.6 Å². The van der Waals surface area contributed by atoms with Gasteiger partial charge in [-0.3, -0.25) is 0 Å². The van der Waals surface area contributed by atoms with Crippen molar-refractivity contribution in [2.24, 2.45) is 29.0 Å². The summed E-state index contributed by atoms with van der Waals surface area (Å²) < 4.78 is 31.5. The van der Waals surface area contributed by atoms with Crippen molar-refractivity contribution in [3.63, 3.8) is 0 Å². The molecule has 0 radical (unpaired) electrons. The molecule has 9 nitrogen and oxygen atoms in total. The first-order valence-corrected chi connectivity index (χ1v) is 12.8. The van der Waals surface area contributed by atoms with E-state index in [9.17, 15) is 0 Å². The van der Waals surface area contributed by atoms with Crippen molar-refractivity contribution in [3.8, 4) is 0 Å². The fraction of sp³-hybridized carbons (Fsp3) is 1.00. The topological polar surface area (TPSA) is 133 Å². The minimum atomic E-state index is 0. The Labute approximate surface area is 218 Å². The normalized spacial score (nSPS) is 13.3. The maximum absolute atomic E-state index is 5.56. The Hall–Kier alpha value is -0.360. The van der Waals surface area contributed by atoms with E-state index in [1.54, 1.807) is 0 Å². The lowest BCUT2D eigenvalue weighted by molar-refractivity contribution is -0.0307. The van der Waals surface area contributed by atoms with E-state index in [0.717, 1.165) is 19.8 Å². The lowest BCUT2D eigenvalue weighted by atomic mass is 10.2. The van der Waals surface area contributed by atoms with Gasteiger partial charge in [0.05, 0.1) is 59.0 Å². The van der Waals surface area contributed by atoms with Gasteiger partial charge in [0.1, 0.15) is 0 Å². The number of nitrogens with two attached hydrogens (primary N) is 3. The van der Waals surface area contributed by atoms with Gasteiger partial charge in [-0.25, -0.2) is 0 Å². The maximum atomic E-state index is 5.56. The molecule has 0 saturated carbocycles. The van der Waals surface area contributed by atoms with Gasteiger partial charge >= 0.3 is 0 Å². The van der Waals surface area contributed by atoms with Crippen LogP contribution in [0, 0.1) is 11.8 Å². The van der Waals surface area contributed by atoms with Crippen molar-refractivity contribution in [3.05, 3.63) is 0 Å². The summed E-state index contributed by atoms with van der Waals surface area (Å²) in [6.07, 6.45) is 0.149. The molecule has 0 aliphatic rings. The van der Waals surface area contributed by atoms with Gasteiger partial charge < -0.3 is 45.6 Å². The fourth-order valence-electron chi connectivity index (χ4n) is 1.98. The lowest BCUT2D eigenvalue weighted by Gasteiger charge is -2.15. The molecule has 9 heteroatoms. The van der Waals surface area contributed by atoms with Crippen LogP contribution in [0.5, 0.6) is 0 Å². The van der Waals surface area contributed by atoms with E-state index >= 15 is 0 Å². The van der Waals surface area contributed by atoms with Crippen LogP contribution in [0.25, 0.3) is 0 Å². The third-order valence-corrected chi connectivity index (χ3v) is 3.49. The minimum absolute atomic E-state index is 0. The zero-order valence-corrected chi connectivity index (χ0v) is 23.6. The minimum Gasteiger partial charge on any atom is -0.380 e. The highest BCUT2D eigenvalue weighted by Gasteiger charge is 2.03. The molecular weight excluding hydrogens is 450 g/mol. The van der Waals surface area contributed by atoms with Crippen LogP contribution in [0.15, 0.2) is 0 Å². The smallest absolute Gasteiger partial charge is 0.0780 e. The molecule has 0 aliphatic heterocycles. The van der Waals surface area contributed by atoms with E-state index in [1.807, 2.05) is 27.7 Å². The van der Waals surface area contributed by atoms with Gasteiger partial charge in [-0.1, -0.05) is 35.1 Å². The van der Waals surface area contributed by atoms with Crippen LogP contribution in [-0.2, 0) is 28.4 Å². The van der Waals surface area contributed by atoms with Gasteiger partial charge in [-0.05, 0) is 39.5 Å². The van der Waals surface area contributed by atoms with E-state index in [4.69, 9.17) is 45.6 Å². The number of rotatable bonds is 20. The Bertz CT molecular complexity index is 348. The van der Waals surface area contributed by atoms with E-state index < -0.39 is 0 Å². The average molecular weight is 514 g/mol. The Morgan fingerprint density at radius 3 is 1.46 bits per heavy atom. The number of hydrogen-bond donors (Lipinski definition) is 3. The molecule has 0 spiro atoms. The quantitative estimate of drug-likeness (QED) is 0.210. The Kier molecular flexibility index (Phi) is 40.1. The van der Waals surface area contributed by atoms with E-state index in [0.29, 0.717) is 71.2 Å². The van der Waals surface area contributed by atoms with Crippen LogP contribution in [0.3, 0.4) is 0 Å². The molecule has 3 unspecified atom stereocenters. The number of hydrogen-bond acceptors (Lipinski definition) is 9. The first kappa shape index (κ1) is 41.8. The first-order valence-electron chi connectivity index (χ1n) is 12.8. The standard InChI is InChI=1S/C12H27NO3.C7H17NO.C6H15NO2.CH4/c1-10(2)7-16-12(4)9-15-6-5-14-8-11(3)13;1-6(2)4-9-5-7(3)8;1-2-8-5-6-9-4-3-7;/h10-12H,5-9,13H2,1-4H3;6-7H,4-5,8H2,1-3H3;2-7H2,1H3;1H4. The van der Waals surface area contributed by atoms with Crippen molar-refractivity contribution in [2.45, 2.75) is 81.0 Å². The Balaban J connectivity index is -0.000000218. The largest absolute Gasteiger partial charge is 0.380 e. The summed E-state index contributed by atoms with van der Waals surface area (Å²) in [6.45, 7) is 24.4. The molecule has 0 aromatic rings. The van der Waals surface area contributed by atoms with Gasteiger partial charge in [0.25, 0.3) is 0 Å². The molecule has 218 valence electrons. The van der Waals surface area contributed by atoms with Crippen molar-refractivity contribution in [1.29, 1.82) is 0 Å². The molecular formula is C26H63N3O6. The van der Waals surface area contributed by atoms with Gasteiger partial charge in [0, 0.05) is 38.4 Å². The predicted octanol–water partition coefficient (Wildman–Crippen LogP) is 3.07. The van der Waals surface area contributed by atoms with Crippen molar-refractivity contribution in [1.82, 2.24) is 0 Å². The molecule has 0 aromatic carbocycles. The average Bonchev–Trinajstić information content (AvgIpc) is 2.75. The summed E-state index contributed by atoms with van der Waals surface area (Å²) in [4.78, 5) is 0. The number of ether oxygens (including phenoxy) is 6. The fourth-order valence-corrected chi connectivity index (χ4v) is 1.98. The summed E-state index contributed by atoms with van der Waals surface area (Å²) in [7, 11) is 0. The van der Waals surface area contributed by atoms with Gasteiger partial charge in [0.15, 0.2) is 0 Å². The molecule has 3 atom stereocenters. The zero-order chi connectivity index (χ0) is 26.6. The highest BCUT2D eigenvalue weighted by atomic mass is 16.5. The SMILES string of the molecule is C.CC(C)COC(C)COCCOCC(C)N.CC(C)COCC(C)N.CCOCCOCCN. The molecule has 0 aromatic heterocycles. The predicted molar refractivity (Wildman–Crippen MR) is 148 cm³/mol. The summed E-state index contributed by atoms with van der Waals surface area (Å²) in [6, 6.07) is 0.261. The van der Waals surface area contributed by atoms with E-state index in [1.165, 1.54) is 0 Å². The Morgan fingerprint density at radius 1 is 0.543 bits per heavy atom. The van der Waals surface area contributed by atoms with Crippen LogP contribution in [0.1, 0.15) is 62.8 Å². The summed E-state index contributed by atoms with van der Waals surface area (Å²) >= 11 is 0. The lowest BCUT2D eigenvalue weighted by Crippen LogP contribution is -2.24. The van der Waals surface area contributed by atoms with Crippen molar-refractivity contribution >= 4 is 0 Å². The second kappa shape index (κ2) is 33.6. The zero-order valence-electron chi connectivity index (χ0n) is 23.6. The molecule has 0 heterocycles. The maximum Gasteiger partial charge on any atom is 0.0780 e. The van der Waals surface area contributed by atoms with Crippen LogP contribution >= 0.6 is 0 Å². The molecule has 6 N–H and O–H groups in total. The monoisotopic (exact) mass is 513 g/mol. The molecule has 35 heavy (non-hydrogen) atoms. The van der Waals surface area contributed by atoms with Crippen molar-refractivity contribution in [2.75, 3.05) is 79.2 Å². The summed E-state index contributed by atoms with van der Waals surface area (Å²) in [5, 5.41) is 0. The molecule has 0 aliphatic carbocycles. The highest BCUT2D eigenvalue weighted by Crippen LogP contribution is 1.98. The van der Waals surface area contributed by atoms with Crippen LogP contribution < -0.4 is 17.2 Å². The molecule has 0 amide bonds. The summed E-state index contributed by atoms with van der Waals surface area (Å²) in [5.41, 5.74) is 16.2. The third kappa shape index (κ3) is 51.2. The van der Waals surface area contributed by atoms with Crippen LogP contribution in [-0.4, -0.2) is 97.4 Å². The van der Waals surface area contributed by atoms with Gasteiger partial charge in [0.2, 0.25) is 0 Å². The Morgan fingerprint density at radius 2 is 1.00 bits per heavy atom. The first-order chi connectivity index (χ1) is 16.1. The van der Waals surface area contributed by atoms with Crippen molar-refractivity contribution < 1.29 is 28.4 Å². The molecule has 0 saturated heterocycles. The molecule has 0 rings (SSSR count). The van der Waals surface area contributed by atoms with E-state index in [2.05, 4.69) is 27.7 Å².